The molecule has 1 amide bonds. The Morgan fingerprint density at radius 2 is 1.61 bits per heavy atom. The van der Waals surface area contributed by atoms with E-state index in [1.165, 1.54) is 19.3 Å². The van der Waals surface area contributed by atoms with Gasteiger partial charge in [0.15, 0.2) is 0 Å². The van der Waals surface area contributed by atoms with Crippen LogP contribution in [0.4, 0.5) is 11.5 Å². The molecule has 0 aliphatic carbocycles. The summed E-state index contributed by atoms with van der Waals surface area (Å²) in [6, 6.07) is 17.3. The molecule has 0 fully saturated rings. The van der Waals surface area contributed by atoms with Crippen molar-refractivity contribution in [3.63, 3.8) is 0 Å². The predicted octanol–water partition coefficient (Wildman–Crippen LogP) is 5.37. The molecule has 3 rings (SSSR count). The number of aromatic nitrogens is 2. The fourth-order valence-electron chi connectivity index (χ4n) is 3.79. The van der Waals surface area contributed by atoms with Gasteiger partial charge in [0.2, 0.25) is 0 Å². The number of nitrogens with one attached hydrogen (secondary N) is 1. The first kappa shape index (κ1) is 24.2. The van der Waals surface area contributed by atoms with E-state index in [-0.39, 0.29) is 5.91 Å². The summed E-state index contributed by atoms with van der Waals surface area (Å²) in [4.78, 5) is 24.1. The van der Waals surface area contributed by atoms with Crippen LogP contribution < -0.4 is 16.0 Å². The summed E-state index contributed by atoms with van der Waals surface area (Å²) in [5.41, 5.74) is 10.0. The molecule has 0 atom stereocenters. The number of carbonyl (C=O) groups excluding carboxylic acids is 1. The highest BCUT2D eigenvalue weighted by molar-refractivity contribution is 5.94. The van der Waals surface area contributed by atoms with E-state index in [4.69, 9.17) is 5.73 Å². The second kappa shape index (κ2) is 12.0. The molecule has 3 N–H and O–H groups in total. The van der Waals surface area contributed by atoms with Gasteiger partial charge in [0.05, 0.1) is 12.2 Å². The third-order valence-corrected chi connectivity index (χ3v) is 5.69. The quantitative estimate of drug-likeness (QED) is 0.306. The molecule has 174 valence electrons. The van der Waals surface area contributed by atoms with E-state index in [0.29, 0.717) is 12.1 Å². The molecule has 6 nitrogen and oxygen atoms in total. The first-order valence-corrected chi connectivity index (χ1v) is 11.8. The molecule has 0 aliphatic heterocycles. The maximum Gasteiger partial charge on any atom is 0.251 e. The van der Waals surface area contributed by atoms with Gasteiger partial charge < -0.3 is 16.0 Å². The fourth-order valence-corrected chi connectivity index (χ4v) is 3.79. The minimum Gasteiger partial charge on any atom is -0.399 e. The second-order valence-corrected chi connectivity index (χ2v) is 8.29. The lowest BCUT2D eigenvalue weighted by atomic mass is 10.0. The van der Waals surface area contributed by atoms with Gasteiger partial charge >= 0.3 is 0 Å². The number of hydrogen-bond donors (Lipinski definition) is 2. The summed E-state index contributed by atoms with van der Waals surface area (Å²) in [7, 11) is 0. The molecular formula is C27H35N5O. The third kappa shape index (κ3) is 7.04. The number of anilines is 2. The normalized spacial score (nSPS) is 10.8. The predicted molar refractivity (Wildman–Crippen MR) is 136 cm³/mol. The first-order valence-electron chi connectivity index (χ1n) is 11.8. The van der Waals surface area contributed by atoms with Gasteiger partial charge in [-0.05, 0) is 55.7 Å². The van der Waals surface area contributed by atoms with Crippen molar-refractivity contribution in [2.45, 2.75) is 53.0 Å². The third-order valence-electron chi connectivity index (χ3n) is 5.69. The van der Waals surface area contributed by atoms with E-state index in [9.17, 15) is 4.79 Å². The van der Waals surface area contributed by atoms with Gasteiger partial charge in [-0.3, -0.25) is 4.79 Å². The van der Waals surface area contributed by atoms with E-state index in [1.807, 2.05) is 61.5 Å². The first-order chi connectivity index (χ1) is 16.0. The summed E-state index contributed by atoms with van der Waals surface area (Å²) in [5.74, 6) is 1.53. The van der Waals surface area contributed by atoms with Crippen molar-refractivity contribution in [2.75, 3.05) is 23.7 Å². The van der Waals surface area contributed by atoms with Crippen molar-refractivity contribution in [3.8, 4) is 11.1 Å². The zero-order valence-corrected chi connectivity index (χ0v) is 20.0. The van der Waals surface area contributed by atoms with Crippen LogP contribution in [0.5, 0.6) is 0 Å². The molecule has 6 heteroatoms. The molecule has 0 saturated heterocycles. The van der Waals surface area contributed by atoms with Gasteiger partial charge in [-0.2, -0.15) is 0 Å². The van der Waals surface area contributed by atoms with E-state index in [0.717, 1.165) is 53.7 Å². The van der Waals surface area contributed by atoms with Crippen LogP contribution in [0.25, 0.3) is 11.1 Å². The van der Waals surface area contributed by atoms with Crippen LogP contribution >= 0.6 is 0 Å². The number of benzene rings is 2. The number of nitrogens with zero attached hydrogens (tertiary/aromatic N) is 3. The Kier molecular flexibility index (Phi) is 8.81. The van der Waals surface area contributed by atoms with Crippen LogP contribution in [0.2, 0.25) is 0 Å². The molecule has 0 radical (unpaired) electrons. The van der Waals surface area contributed by atoms with E-state index >= 15 is 0 Å². The Morgan fingerprint density at radius 3 is 2.24 bits per heavy atom. The summed E-state index contributed by atoms with van der Waals surface area (Å²) >= 11 is 0. The lowest BCUT2D eigenvalue weighted by molar-refractivity contribution is 0.0950. The molecule has 0 spiro atoms. The Morgan fingerprint density at radius 1 is 0.939 bits per heavy atom. The Labute approximate surface area is 197 Å². The highest BCUT2D eigenvalue weighted by Gasteiger charge is 2.11. The number of hydrogen-bond acceptors (Lipinski definition) is 5. The Bertz CT molecular complexity index is 1030. The van der Waals surface area contributed by atoms with Crippen molar-refractivity contribution in [1.82, 2.24) is 15.3 Å². The monoisotopic (exact) mass is 445 g/mol. The molecule has 1 aromatic heterocycles. The maximum atomic E-state index is 12.7. The van der Waals surface area contributed by atoms with Crippen molar-refractivity contribution in [2.24, 2.45) is 0 Å². The zero-order chi connectivity index (χ0) is 23.6. The van der Waals surface area contributed by atoms with Gasteiger partial charge in [0.25, 0.3) is 5.91 Å². The number of amides is 1. The van der Waals surface area contributed by atoms with Gasteiger partial charge in [-0.15, -0.1) is 0 Å². The average molecular weight is 446 g/mol. The van der Waals surface area contributed by atoms with Crippen molar-refractivity contribution in [1.29, 1.82) is 0 Å². The van der Waals surface area contributed by atoms with Crippen molar-refractivity contribution < 1.29 is 4.79 Å². The van der Waals surface area contributed by atoms with Crippen molar-refractivity contribution in [3.05, 3.63) is 71.7 Å². The number of aryl methyl sites for hydroxylation is 1. The van der Waals surface area contributed by atoms with Gasteiger partial charge in [0, 0.05) is 30.4 Å². The molecule has 2 aromatic carbocycles. The maximum absolute atomic E-state index is 12.7. The molecule has 33 heavy (non-hydrogen) atoms. The molecule has 3 aromatic rings. The van der Waals surface area contributed by atoms with Crippen LogP contribution in [0.3, 0.4) is 0 Å². The van der Waals surface area contributed by atoms with Crippen LogP contribution in [-0.2, 0) is 6.54 Å². The highest BCUT2D eigenvalue weighted by Crippen LogP contribution is 2.21. The highest BCUT2D eigenvalue weighted by atomic mass is 16.1. The molecule has 0 saturated carbocycles. The smallest absolute Gasteiger partial charge is 0.251 e. The molecule has 1 heterocycles. The Balaban J connectivity index is 1.61. The van der Waals surface area contributed by atoms with Crippen LogP contribution in [0.15, 0.2) is 54.6 Å². The SMILES string of the molecule is CCCCCCN(CC)c1cc(CNC(=O)c2ccc(-c3ccc(N)cc3)cc2)nc(C)n1. The standard InChI is InChI=1S/C27H35N5O/c1-4-6-7-8-17-32(5-2)26-18-25(30-20(3)31-26)19-29-27(33)23-11-9-21(10-12-23)22-13-15-24(28)16-14-22/h9-16,18H,4-8,17,19,28H2,1-3H3,(H,29,33). The largest absolute Gasteiger partial charge is 0.399 e. The molecular weight excluding hydrogens is 410 g/mol. The van der Waals surface area contributed by atoms with Crippen LogP contribution in [0, 0.1) is 6.92 Å². The molecule has 0 bridgehead atoms. The second-order valence-electron chi connectivity index (χ2n) is 8.29. The zero-order valence-electron chi connectivity index (χ0n) is 20.0. The minimum atomic E-state index is -0.122. The van der Waals surface area contributed by atoms with Crippen LogP contribution in [0.1, 0.15) is 61.4 Å². The van der Waals surface area contributed by atoms with Crippen LogP contribution in [-0.4, -0.2) is 29.0 Å². The topological polar surface area (TPSA) is 84.1 Å². The van der Waals surface area contributed by atoms with E-state index in [1.54, 1.807) is 0 Å². The lowest BCUT2D eigenvalue weighted by Gasteiger charge is -2.22. The van der Waals surface area contributed by atoms with Gasteiger partial charge in [-0.1, -0.05) is 50.5 Å². The summed E-state index contributed by atoms with van der Waals surface area (Å²) in [6.07, 6.45) is 4.88. The van der Waals surface area contributed by atoms with E-state index < -0.39 is 0 Å². The van der Waals surface area contributed by atoms with Gasteiger partial charge in [-0.25, -0.2) is 9.97 Å². The molecule has 0 aliphatic rings. The summed E-state index contributed by atoms with van der Waals surface area (Å²) < 4.78 is 0. The Hall–Kier alpha value is -3.41. The number of rotatable bonds is 11. The average Bonchev–Trinajstić information content (AvgIpc) is 2.83. The number of carbonyl (C=O) groups is 1. The number of nitrogen functional groups attached to an aromatic ring is 1. The van der Waals surface area contributed by atoms with Crippen molar-refractivity contribution >= 4 is 17.4 Å². The van der Waals surface area contributed by atoms with E-state index in [2.05, 4.69) is 34.0 Å². The number of nitrogens with two attached hydrogens (primary N) is 1. The van der Waals surface area contributed by atoms with Gasteiger partial charge in [0.1, 0.15) is 11.6 Å². The lowest BCUT2D eigenvalue weighted by Crippen LogP contribution is -2.27. The number of unbranched alkanes of at least 4 members (excludes halogenated alkanes) is 3. The minimum absolute atomic E-state index is 0.122. The fraction of sp³-hybridized carbons (Fsp3) is 0.370. The summed E-state index contributed by atoms with van der Waals surface area (Å²) in [5, 5.41) is 2.99. The summed E-state index contributed by atoms with van der Waals surface area (Å²) in [6.45, 7) is 8.51. The molecule has 0 unspecified atom stereocenters.